The van der Waals surface area contributed by atoms with Gasteiger partial charge in [0.15, 0.2) is 0 Å². The fourth-order valence-electron chi connectivity index (χ4n) is 3.55. The third kappa shape index (κ3) is 3.52. The number of anilines is 4. The normalized spacial score (nSPS) is 16.2. The minimum absolute atomic E-state index is 0.230. The maximum absolute atomic E-state index is 13.0. The summed E-state index contributed by atoms with van der Waals surface area (Å²) in [7, 11) is 0. The van der Waals surface area contributed by atoms with Gasteiger partial charge < -0.3 is 10.2 Å². The lowest BCUT2D eigenvalue weighted by Crippen LogP contribution is -2.25. The van der Waals surface area contributed by atoms with Crippen LogP contribution in [0.1, 0.15) is 23.7 Å². The van der Waals surface area contributed by atoms with Crippen LogP contribution >= 0.6 is 0 Å². The van der Waals surface area contributed by atoms with Gasteiger partial charge in [0.05, 0.1) is 5.56 Å². The summed E-state index contributed by atoms with van der Waals surface area (Å²) in [6.07, 6.45) is -3.49. The predicted octanol–water partition coefficient (Wildman–Crippen LogP) is 5.63. The predicted molar refractivity (Wildman–Crippen MR) is 103 cm³/mol. The van der Waals surface area contributed by atoms with Crippen LogP contribution in [-0.4, -0.2) is 16.0 Å². The van der Waals surface area contributed by atoms with E-state index in [1.165, 1.54) is 11.6 Å². The average Bonchev–Trinajstić information content (AvgIpc) is 2.96. The van der Waals surface area contributed by atoms with E-state index >= 15 is 0 Å². The quantitative estimate of drug-likeness (QED) is 0.635. The number of rotatable bonds is 3. The zero-order valence-corrected chi connectivity index (χ0v) is 15.5. The number of benzene rings is 2. The van der Waals surface area contributed by atoms with Gasteiger partial charge in [-0.1, -0.05) is 24.3 Å². The van der Waals surface area contributed by atoms with Gasteiger partial charge in [0.1, 0.15) is 5.82 Å². The van der Waals surface area contributed by atoms with Crippen molar-refractivity contribution in [2.24, 2.45) is 0 Å². The summed E-state index contributed by atoms with van der Waals surface area (Å²) in [5.74, 6) is 0.991. The molecule has 0 amide bonds. The molecule has 0 spiro atoms. The summed E-state index contributed by atoms with van der Waals surface area (Å²) in [5.41, 5.74) is 2.65. The number of para-hydroxylation sites is 1. The van der Waals surface area contributed by atoms with Gasteiger partial charge in [-0.25, -0.2) is 4.98 Å². The van der Waals surface area contributed by atoms with Gasteiger partial charge in [-0.3, -0.25) is 0 Å². The second-order valence-electron chi connectivity index (χ2n) is 6.95. The Balaban J connectivity index is 1.67. The first kappa shape index (κ1) is 18.3. The van der Waals surface area contributed by atoms with Gasteiger partial charge in [-0.2, -0.15) is 18.2 Å². The van der Waals surface area contributed by atoms with E-state index < -0.39 is 11.7 Å². The summed E-state index contributed by atoms with van der Waals surface area (Å²) in [5, 5.41) is 2.91. The number of hydrogen-bond acceptors (Lipinski definition) is 4. The Morgan fingerprint density at radius 1 is 1.04 bits per heavy atom. The van der Waals surface area contributed by atoms with E-state index in [4.69, 9.17) is 0 Å². The minimum atomic E-state index is -4.40. The van der Waals surface area contributed by atoms with E-state index in [0.717, 1.165) is 35.8 Å². The van der Waals surface area contributed by atoms with Crippen molar-refractivity contribution in [3.05, 3.63) is 71.4 Å². The molecular formula is C21H19F3N4. The number of alkyl halides is 3. The first-order chi connectivity index (χ1) is 13.3. The van der Waals surface area contributed by atoms with Crippen molar-refractivity contribution < 1.29 is 13.2 Å². The number of nitrogens with zero attached hydrogens (tertiary/aromatic N) is 3. The molecule has 1 unspecified atom stereocenters. The summed E-state index contributed by atoms with van der Waals surface area (Å²) in [6.45, 7) is 3.96. The van der Waals surface area contributed by atoms with Gasteiger partial charge >= 0.3 is 6.18 Å². The lowest BCUT2D eigenvalue weighted by Gasteiger charge is -2.24. The van der Waals surface area contributed by atoms with Gasteiger partial charge in [-0.15, -0.1) is 0 Å². The van der Waals surface area contributed by atoms with Gasteiger partial charge in [0.2, 0.25) is 5.95 Å². The van der Waals surface area contributed by atoms with E-state index in [0.29, 0.717) is 5.69 Å². The van der Waals surface area contributed by atoms with Crippen LogP contribution in [-0.2, 0) is 12.6 Å². The van der Waals surface area contributed by atoms with Crippen LogP contribution in [0.3, 0.4) is 0 Å². The van der Waals surface area contributed by atoms with Gasteiger partial charge in [-0.05, 0) is 50.1 Å². The Bertz CT molecular complexity index is 1020. The second-order valence-corrected chi connectivity index (χ2v) is 6.95. The lowest BCUT2D eigenvalue weighted by atomic mass is 10.1. The summed E-state index contributed by atoms with van der Waals surface area (Å²) in [4.78, 5) is 11.1. The number of aromatic nitrogens is 2. The minimum Gasteiger partial charge on any atom is -0.324 e. The van der Waals surface area contributed by atoms with E-state index in [2.05, 4.69) is 39.2 Å². The molecule has 28 heavy (non-hydrogen) atoms. The molecule has 1 N–H and O–H groups in total. The molecule has 1 aliphatic heterocycles. The maximum Gasteiger partial charge on any atom is 0.416 e. The highest BCUT2D eigenvalue weighted by molar-refractivity contribution is 5.70. The zero-order chi connectivity index (χ0) is 19.9. The molecule has 2 aromatic carbocycles. The van der Waals surface area contributed by atoms with Crippen LogP contribution in [0.15, 0.2) is 54.6 Å². The fourth-order valence-corrected chi connectivity index (χ4v) is 3.55. The molecule has 0 radical (unpaired) electrons. The number of nitrogens with one attached hydrogen (secondary N) is 1. The van der Waals surface area contributed by atoms with E-state index in [1.54, 1.807) is 6.07 Å². The smallest absolute Gasteiger partial charge is 0.324 e. The Morgan fingerprint density at radius 3 is 2.61 bits per heavy atom. The van der Waals surface area contributed by atoms with E-state index in [1.807, 2.05) is 25.1 Å². The van der Waals surface area contributed by atoms with Crippen molar-refractivity contribution >= 4 is 23.1 Å². The Kier molecular flexibility index (Phi) is 4.45. The molecule has 1 aromatic heterocycles. The van der Waals surface area contributed by atoms with Crippen LogP contribution in [0.5, 0.6) is 0 Å². The van der Waals surface area contributed by atoms with E-state index in [9.17, 15) is 13.2 Å². The number of hydrogen-bond donors (Lipinski definition) is 1. The topological polar surface area (TPSA) is 41.1 Å². The highest BCUT2D eigenvalue weighted by atomic mass is 19.4. The van der Waals surface area contributed by atoms with Crippen molar-refractivity contribution in [2.45, 2.75) is 32.5 Å². The molecule has 1 aliphatic rings. The van der Waals surface area contributed by atoms with Crippen molar-refractivity contribution in [1.82, 2.24) is 9.97 Å². The Labute approximate surface area is 161 Å². The molecule has 0 saturated carbocycles. The highest BCUT2D eigenvalue weighted by Gasteiger charge is 2.31. The number of fused-ring (bicyclic) bond motifs is 1. The molecule has 4 nitrogen and oxygen atoms in total. The highest BCUT2D eigenvalue weighted by Crippen LogP contribution is 2.38. The standard InChI is InChI=1S/C21H19F3N4/c1-13-10-19(28-14(2)11-15-6-3-4-9-18(15)28)27-20(25-13)26-17-8-5-7-16(12-17)21(22,23)24/h3-10,12,14H,11H2,1-2H3,(H,25,26,27). The van der Waals surface area contributed by atoms with Crippen LogP contribution < -0.4 is 10.2 Å². The third-order valence-electron chi connectivity index (χ3n) is 4.74. The molecule has 2 heterocycles. The fraction of sp³-hybridized carbons (Fsp3) is 0.238. The van der Waals surface area contributed by atoms with Crippen molar-refractivity contribution in [1.29, 1.82) is 0 Å². The molecule has 144 valence electrons. The second kappa shape index (κ2) is 6.82. The molecule has 0 bridgehead atoms. The first-order valence-electron chi connectivity index (χ1n) is 8.98. The molecular weight excluding hydrogens is 365 g/mol. The third-order valence-corrected chi connectivity index (χ3v) is 4.74. The summed E-state index contributed by atoms with van der Waals surface area (Å²) < 4.78 is 38.9. The van der Waals surface area contributed by atoms with Crippen molar-refractivity contribution in [2.75, 3.05) is 10.2 Å². The largest absolute Gasteiger partial charge is 0.416 e. The Hall–Kier alpha value is -3.09. The SMILES string of the molecule is Cc1cc(N2c3ccccc3CC2C)nc(Nc2cccc(C(F)(F)F)c2)n1. The van der Waals surface area contributed by atoms with Crippen molar-refractivity contribution in [3.8, 4) is 0 Å². The summed E-state index contributed by atoms with van der Waals surface area (Å²) in [6, 6.07) is 15.3. The van der Waals surface area contributed by atoms with Crippen LogP contribution in [0.25, 0.3) is 0 Å². The van der Waals surface area contributed by atoms with Crippen molar-refractivity contribution in [3.63, 3.8) is 0 Å². The van der Waals surface area contributed by atoms with Crippen LogP contribution in [0.4, 0.5) is 36.3 Å². The average molecular weight is 384 g/mol. The van der Waals surface area contributed by atoms with Crippen LogP contribution in [0, 0.1) is 6.92 Å². The molecule has 0 aliphatic carbocycles. The van der Waals surface area contributed by atoms with Gasteiger partial charge in [0.25, 0.3) is 0 Å². The lowest BCUT2D eigenvalue weighted by molar-refractivity contribution is -0.137. The molecule has 0 saturated heterocycles. The zero-order valence-electron chi connectivity index (χ0n) is 15.5. The van der Waals surface area contributed by atoms with Crippen LogP contribution in [0.2, 0.25) is 0 Å². The molecule has 1 atom stereocenters. The molecule has 0 fully saturated rings. The monoisotopic (exact) mass is 384 g/mol. The summed E-state index contributed by atoms with van der Waals surface area (Å²) >= 11 is 0. The number of aryl methyl sites for hydroxylation is 1. The Morgan fingerprint density at radius 2 is 1.82 bits per heavy atom. The van der Waals surface area contributed by atoms with Gasteiger partial charge in [0, 0.05) is 29.2 Å². The first-order valence-corrected chi connectivity index (χ1v) is 8.98. The van der Waals surface area contributed by atoms with E-state index in [-0.39, 0.29) is 12.0 Å². The molecule has 7 heteroatoms. The number of halogens is 3. The molecule has 3 aromatic rings. The molecule has 4 rings (SSSR count). The maximum atomic E-state index is 13.0.